The Bertz CT molecular complexity index is 184. The minimum Gasteiger partial charge on any atom is -0.355 e. The molecular formula is C16H31ClO2. The van der Waals surface area contributed by atoms with Crippen LogP contribution in [0.4, 0.5) is 0 Å². The normalized spacial score (nSPS) is 11.5. The van der Waals surface area contributed by atoms with E-state index in [0.29, 0.717) is 12.7 Å². The molecule has 0 heterocycles. The van der Waals surface area contributed by atoms with Crippen molar-refractivity contribution in [1.29, 1.82) is 0 Å². The molecule has 0 aromatic rings. The molecule has 114 valence electrons. The summed E-state index contributed by atoms with van der Waals surface area (Å²) in [6.07, 6.45) is 15.3. The van der Waals surface area contributed by atoms with E-state index in [2.05, 4.69) is 19.1 Å². The predicted molar refractivity (Wildman–Crippen MR) is 83.9 cm³/mol. The smallest absolute Gasteiger partial charge is 0.146 e. The molecule has 0 radical (unpaired) electrons. The van der Waals surface area contributed by atoms with Gasteiger partial charge in [-0.25, -0.2) is 0 Å². The van der Waals surface area contributed by atoms with Crippen LogP contribution in [0, 0.1) is 0 Å². The van der Waals surface area contributed by atoms with E-state index < -0.39 is 0 Å². The van der Waals surface area contributed by atoms with Gasteiger partial charge in [-0.2, -0.15) is 0 Å². The lowest BCUT2D eigenvalue weighted by molar-refractivity contribution is -0.0531. The van der Waals surface area contributed by atoms with Crippen LogP contribution in [0.3, 0.4) is 0 Å². The SMILES string of the molecule is CCCCCCCCCOCOCC/C=C\CCCl. The van der Waals surface area contributed by atoms with Crippen LogP contribution in [0.5, 0.6) is 0 Å². The molecule has 2 nitrogen and oxygen atoms in total. The van der Waals surface area contributed by atoms with E-state index in [9.17, 15) is 0 Å². The van der Waals surface area contributed by atoms with E-state index in [1.807, 2.05) is 0 Å². The first-order valence-corrected chi connectivity index (χ1v) is 8.31. The molecule has 0 fully saturated rings. The molecule has 0 aliphatic carbocycles. The fourth-order valence-corrected chi connectivity index (χ4v) is 1.91. The molecule has 0 N–H and O–H groups in total. The topological polar surface area (TPSA) is 18.5 Å². The van der Waals surface area contributed by atoms with Crippen LogP contribution in [-0.4, -0.2) is 25.9 Å². The summed E-state index contributed by atoms with van der Waals surface area (Å²) in [7, 11) is 0. The van der Waals surface area contributed by atoms with Gasteiger partial charge in [0, 0.05) is 12.5 Å². The van der Waals surface area contributed by atoms with E-state index in [1.165, 1.54) is 38.5 Å². The first kappa shape index (κ1) is 18.9. The summed E-state index contributed by atoms with van der Waals surface area (Å²) >= 11 is 5.56. The van der Waals surface area contributed by atoms with Gasteiger partial charge in [-0.05, 0) is 19.3 Å². The minimum absolute atomic E-state index is 0.430. The number of ether oxygens (including phenoxy) is 2. The lowest BCUT2D eigenvalue weighted by Gasteiger charge is -2.05. The Labute approximate surface area is 124 Å². The molecule has 3 heteroatoms. The van der Waals surface area contributed by atoms with E-state index in [4.69, 9.17) is 21.1 Å². The Hall–Kier alpha value is -0.0500. The molecule has 0 rings (SSSR count). The van der Waals surface area contributed by atoms with Crippen molar-refractivity contribution in [3.8, 4) is 0 Å². The maximum Gasteiger partial charge on any atom is 0.146 e. The number of hydrogen-bond acceptors (Lipinski definition) is 2. The average Bonchev–Trinajstić information content (AvgIpc) is 2.43. The zero-order chi connectivity index (χ0) is 14.0. The summed E-state index contributed by atoms with van der Waals surface area (Å²) in [6.45, 7) is 4.24. The molecule has 0 spiro atoms. The van der Waals surface area contributed by atoms with Crippen LogP contribution in [-0.2, 0) is 9.47 Å². The van der Waals surface area contributed by atoms with Gasteiger partial charge in [-0.15, -0.1) is 11.6 Å². The molecule has 0 saturated heterocycles. The third-order valence-corrected chi connectivity index (χ3v) is 3.15. The van der Waals surface area contributed by atoms with Crippen molar-refractivity contribution in [1.82, 2.24) is 0 Å². The van der Waals surface area contributed by atoms with Gasteiger partial charge in [0.15, 0.2) is 0 Å². The summed E-state index contributed by atoms with van der Waals surface area (Å²) in [4.78, 5) is 0. The monoisotopic (exact) mass is 290 g/mol. The summed E-state index contributed by atoms with van der Waals surface area (Å²) in [5, 5.41) is 0. The largest absolute Gasteiger partial charge is 0.355 e. The number of halogens is 1. The van der Waals surface area contributed by atoms with Crippen molar-refractivity contribution >= 4 is 11.6 Å². The van der Waals surface area contributed by atoms with Crippen LogP contribution >= 0.6 is 11.6 Å². The second-order valence-electron chi connectivity index (χ2n) is 4.79. The van der Waals surface area contributed by atoms with Crippen molar-refractivity contribution in [2.24, 2.45) is 0 Å². The van der Waals surface area contributed by atoms with Crippen LogP contribution in [0.1, 0.15) is 64.7 Å². The molecule has 0 amide bonds. The molecular weight excluding hydrogens is 260 g/mol. The van der Waals surface area contributed by atoms with E-state index in [-0.39, 0.29) is 0 Å². The van der Waals surface area contributed by atoms with Crippen LogP contribution in [0.25, 0.3) is 0 Å². The summed E-state index contributed by atoms with van der Waals surface area (Å²) in [6, 6.07) is 0. The van der Waals surface area contributed by atoms with Crippen molar-refractivity contribution in [3.05, 3.63) is 12.2 Å². The number of allylic oxidation sites excluding steroid dienone is 1. The van der Waals surface area contributed by atoms with Gasteiger partial charge in [0.1, 0.15) is 6.79 Å². The molecule has 0 aromatic heterocycles. The molecule has 0 aromatic carbocycles. The molecule has 0 saturated carbocycles. The number of rotatable bonds is 15. The quantitative estimate of drug-likeness (QED) is 0.176. The summed E-state index contributed by atoms with van der Waals surface area (Å²) < 4.78 is 10.8. The molecule has 0 atom stereocenters. The van der Waals surface area contributed by atoms with Gasteiger partial charge < -0.3 is 9.47 Å². The fourth-order valence-electron chi connectivity index (χ4n) is 1.79. The Balaban J connectivity index is 2.95. The second kappa shape index (κ2) is 17.9. The zero-order valence-corrected chi connectivity index (χ0v) is 13.3. The third-order valence-electron chi connectivity index (χ3n) is 2.93. The first-order chi connectivity index (χ1) is 9.41. The predicted octanol–water partition coefficient (Wildman–Crippen LogP) is 5.30. The highest BCUT2D eigenvalue weighted by Gasteiger charge is 1.92. The summed E-state index contributed by atoms with van der Waals surface area (Å²) in [5.41, 5.74) is 0. The van der Waals surface area contributed by atoms with Crippen LogP contribution < -0.4 is 0 Å². The van der Waals surface area contributed by atoms with Gasteiger partial charge in [0.05, 0.1) is 6.61 Å². The van der Waals surface area contributed by atoms with Crippen molar-refractivity contribution in [2.45, 2.75) is 64.7 Å². The van der Waals surface area contributed by atoms with Gasteiger partial charge >= 0.3 is 0 Å². The molecule has 0 aliphatic rings. The van der Waals surface area contributed by atoms with E-state index in [1.54, 1.807) is 0 Å². The Kier molecular flexibility index (Phi) is 17.9. The number of unbranched alkanes of at least 4 members (excludes halogenated alkanes) is 6. The van der Waals surface area contributed by atoms with E-state index in [0.717, 1.165) is 32.5 Å². The van der Waals surface area contributed by atoms with Crippen LogP contribution in [0.2, 0.25) is 0 Å². The van der Waals surface area contributed by atoms with Gasteiger partial charge in [-0.1, -0.05) is 57.6 Å². The molecule has 0 bridgehead atoms. The van der Waals surface area contributed by atoms with Crippen molar-refractivity contribution in [3.63, 3.8) is 0 Å². The Morgan fingerprint density at radius 2 is 1.42 bits per heavy atom. The standard InChI is InChI=1S/C16H31ClO2/c1-2-3-4-5-6-8-11-14-18-16-19-15-12-9-7-10-13-17/h7,9H,2-6,8,10-16H2,1H3/b9-7-. The molecule has 0 unspecified atom stereocenters. The highest BCUT2D eigenvalue weighted by molar-refractivity contribution is 6.17. The number of hydrogen-bond donors (Lipinski definition) is 0. The van der Waals surface area contributed by atoms with Gasteiger partial charge in [0.25, 0.3) is 0 Å². The van der Waals surface area contributed by atoms with Crippen molar-refractivity contribution in [2.75, 3.05) is 25.9 Å². The first-order valence-electron chi connectivity index (χ1n) is 7.78. The highest BCUT2D eigenvalue weighted by Crippen LogP contribution is 2.06. The average molecular weight is 291 g/mol. The lowest BCUT2D eigenvalue weighted by Crippen LogP contribution is -2.02. The zero-order valence-electron chi connectivity index (χ0n) is 12.5. The van der Waals surface area contributed by atoms with Crippen molar-refractivity contribution < 1.29 is 9.47 Å². The molecule has 0 aliphatic heterocycles. The Morgan fingerprint density at radius 1 is 0.789 bits per heavy atom. The van der Waals surface area contributed by atoms with E-state index >= 15 is 0 Å². The van der Waals surface area contributed by atoms with Gasteiger partial charge in [-0.3, -0.25) is 0 Å². The fraction of sp³-hybridized carbons (Fsp3) is 0.875. The van der Waals surface area contributed by atoms with Gasteiger partial charge in [0.2, 0.25) is 0 Å². The third kappa shape index (κ3) is 17.9. The number of alkyl halides is 1. The Morgan fingerprint density at radius 3 is 2.16 bits per heavy atom. The lowest BCUT2D eigenvalue weighted by atomic mass is 10.1. The maximum absolute atomic E-state index is 5.56. The maximum atomic E-state index is 5.56. The molecule has 19 heavy (non-hydrogen) atoms. The highest BCUT2D eigenvalue weighted by atomic mass is 35.5. The minimum atomic E-state index is 0.430. The van der Waals surface area contributed by atoms with Crippen LogP contribution in [0.15, 0.2) is 12.2 Å². The second-order valence-corrected chi connectivity index (χ2v) is 5.17. The summed E-state index contributed by atoms with van der Waals surface area (Å²) in [5.74, 6) is 0.693.